The van der Waals surface area contributed by atoms with E-state index in [1.54, 1.807) is 11.3 Å². The molecule has 0 spiro atoms. The first-order chi connectivity index (χ1) is 8.31. The number of aromatic nitrogens is 1. The van der Waals surface area contributed by atoms with Crippen LogP contribution in [0, 0.1) is 0 Å². The number of hydrogen-bond acceptors (Lipinski definition) is 3. The van der Waals surface area contributed by atoms with Gasteiger partial charge in [0.25, 0.3) is 0 Å². The summed E-state index contributed by atoms with van der Waals surface area (Å²) in [4.78, 5) is 5.57. The molecule has 0 aromatic carbocycles. The molecular formula is C13H15BrN2S. The van der Waals surface area contributed by atoms with Crippen molar-refractivity contribution in [2.24, 2.45) is 0 Å². The van der Waals surface area contributed by atoms with E-state index in [9.17, 15) is 0 Å². The molecule has 2 heterocycles. The van der Waals surface area contributed by atoms with Crippen molar-refractivity contribution in [2.45, 2.75) is 19.4 Å². The first-order valence-corrected chi connectivity index (χ1v) is 7.33. The predicted octanol–water partition coefficient (Wildman–Crippen LogP) is 3.80. The first-order valence-electron chi connectivity index (χ1n) is 5.66. The Bertz CT molecular complexity index is 455. The molecule has 0 aliphatic carbocycles. The van der Waals surface area contributed by atoms with Gasteiger partial charge in [0.1, 0.15) is 0 Å². The third-order valence-corrected chi connectivity index (χ3v) is 4.57. The molecule has 2 nitrogen and oxygen atoms in total. The minimum Gasteiger partial charge on any atom is -0.310 e. The van der Waals surface area contributed by atoms with E-state index < -0.39 is 0 Å². The van der Waals surface area contributed by atoms with Gasteiger partial charge >= 0.3 is 0 Å². The van der Waals surface area contributed by atoms with Crippen LogP contribution in [0.2, 0.25) is 0 Å². The molecule has 2 rings (SSSR count). The fourth-order valence-corrected chi connectivity index (χ4v) is 3.35. The van der Waals surface area contributed by atoms with Crippen LogP contribution in [0.25, 0.3) is 0 Å². The number of nitrogens with one attached hydrogen (secondary N) is 1. The molecule has 4 heteroatoms. The summed E-state index contributed by atoms with van der Waals surface area (Å²) < 4.78 is 1.20. The Morgan fingerprint density at radius 3 is 2.94 bits per heavy atom. The van der Waals surface area contributed by atoms with Crippen molar-refractivity contribution in [3.63, 3.8) is 0 Å². The number of rotatable bonds is 5. The van der Waals surface area contributed by atoms with Gasteiger partial charge in [-0.3, -0.25) is 4.98 Å². The van der Waals surface area contributed by atoms with Crippen molar-refractivity contribution in [1.29, 1.82) is 0 Å². The van der Waals surface area contributed by atoms with Crippen LogP contribution in [0.4, 0.5) is 0 Å². The fraction of sp³-hybridized carbons (Fsp3) is 0.308. The van der Waals surface area contributed by atoms with Gasteiger partial charge in [0.2, 0.25) is 0 Å². The van der Waals surface area contributed by atoms with Gasteiger partial charge in [-0.15, -0.1) is 11.3 Å². The van der Waals surface area contributed by atoms with Crippen LogP contribution in [-0.4, -0.2) is 11.5 Å². The molecular weight excluding hydrogens is 296 g/mol. The summed E-state index contributed by atoms with van der Waals surface area (Å²) in [6, 6.07) is 6.56. The molecule has 2 aromatic rings. The SMILES string of the molecule is CCNC(Cc1sccc1Br)c1cccnc1. The number of hydrogen-bond donors (Lipinski definition) is 1. The summed E-state index contributed by atoms with van der Waals surface area (Å²) >= 11 is 5.38. The third-order valence-electron chi connectivity index (χ3n) is 2.62. The average molecular weight is 311 g/mol. The molecule has 0 fully saturated rings. The van der Waals surface area contributed by atoms with E-state index in [1.807, 2.05) is 18.5 Å². The van der Waals surface area contributed by atoms with Gasteiger partial charge in [-0.05, 0) is 45.6 Å². The van der Waals surface area contributed by atoms with E-state index in [2.05, 4.69) is 50.7 Å². The number of pyridine rings is 1. The highest BCUT2D eigenvalue weighted by Gasteiger charge is 2.13. The van der Waals surface area contributed by atoms with Crippen molar-refractivity contribution in [3.8, 4) is 0 Å². The lowest BCUT2D eigenvalue weighted by Crippen LogP contribution is -2.22. The van der Waals surface area contributed by atoms with Gasteiger partial charge in [-0.2, -0.15) is 0 Å². The second-order valence-corrected chi connectivity index (χ2v) is 5.65. The molecule has 1 N–H and O–H groups in total. The maximum Gasteiger partial charge on any atom is 0.0384 e. The smallest absolute Gasteiger partial charge is 0.0384 e. The Hall–Kier alpha value is -0.710. The van der Waals surface area contributed by atoms with E-state index in [-0.39, 0.29) is 0 Å². The molecule has 0 saturated heterocycles. The molecule has 1 atom stereocenters. The first kappa shape index (κ1) is 12.7. The van der Waals surface area contributed by atoms with Gasteiger partial charge in [-0.1, -0.05) is 13.0 Å². The Balaban J connectivity index is 2.16. The molecule has 90 valence electrons. The van der Waals surface area contributed by atoms with Crippen molar-refractivity contribution in [3.05, 3.63) is 50.9 Å². The largest absolute Gasteiger partial charge is 0.310 e. The van der Waals surface area contributed by atoms with Gasteiger partial charge < -0.3 is 5.32 Å². The minimum atomic E-state index is 0.337. The van der Waals surface area contributed by atoms with Crippen LogP contribution in [0.15, 0.2) is 40.4 Å². The van der Waals surface area contributed by atoms with E-state index in [1.165, 1.54) is 14.9 Å². The molecule has 0 radical (unpaired) electrons. The van der Waals surface area contributed by atoms with Gasteiger partial charge in [-0.25, -0.2) is 0 Å². The van der Waals surface area contributed by atoms with Crippen LogP contribution in [-0.2, 0) is 6.42 Å². The zero-order chi connectivity index (χ0) is 12.1. The highest BCUT2D eigenvalue weighted by Crippen LogP contribution is 2.27. The Morgan fingerprint density at radius 1 is 1.47 bits per heavy atom. The van der Waals surface area contributed by atoms with Gasteiger partial charge in [0.05, 0.1) is 0 Å². The van der Waals surface area contributed by atoms with E-state index in [0.717, 1.165) is 13.0 Å². The van der Waals surface area contributed by atoms with Crippen molar-refractivity contribution in [1.82, 2.24) is 10.3 Å². The Morgan fingerprint density at radius 2 is 2.35 bits per heavy atom. The summed E-state index contributed by atoms with van der Waals surface area (Å²) in [5.41, 5.74) is 1.25. The maximum atomic E-state index is 4.19. The highest BCUT2D eigenvalue weighted by atomic mass is 79.9. The molecule has 17 heavy (non-hydrogen) atoms. The monoisotopic (exact) mass is 310 g/mol. The number of likely N-dealkylation sites (N-methyl/N-ethyl adjacent to an activating group) is 1. The molecule has 0 bridgehead atoms. The molecule has 1 unspecified atom stereocenters. The quantitative estimate of drug-likeness (QED) is 0.908. The number of thiophene rings is 1. The van der Waals surface area contributed by atoms with Crippen LogP contribution < -0.4 is 5.32 Å². The molecule has 2 aromatic heterocycles. The third kappa shape index (κ3) is 3.37. The Labute approximate surface area is 114 Å². The van der Waals surface area contributed by atoms with Crippen LogP contribution in [0.5, 0.6) is 0 Å². The summed E-state index contributed by atoms with van der Waals surface area (Å²) in [7, 11) is 0. The lowest BCUT2D eigenvalue weighted by Gasteiger charge is -2.17. The van der Waals surface area contributed by atoms with Crippen LogP contribution >= 0.6 is 27.3 Å². The standard InChI is InChI=1S/C13H15BrN2S/c1-2-16-12(10-4-3-6-15-9-10)8-13-11(14)5-7-17-13/h3-7,9,12,16H,2,8H2,1H3. The topological polar surface area (TPSA) is 24.9 Å². The lowest BCUT2D eigenvalue weighted by molar-refractivity contribution is 0.551. The molecule has 0 saturated carbocycles. The van der Waals surface area contributed by atoms with Crippen molar-refractivity contribution >= 4 is 27.3 Å². The summed E-state index contributed by atoms with van der Waals surface area (Å²) in [6.45, 7) is 3.09. The summed E-state index contributed by atoms with van der Waals surface area (Å²) in [5, 5.41) is 5.63. The van der Waals surface area contributed by atoms with E-state index in [4.69, 9.17) is 0 Å². The van der Waals surface area contributed by atoms with E-state index in [0.29, 0.717) is 6.04 Å². The van der Waals surface area contributed by atoms with Crippen LogP contribution in [0.1, 0.15) is 23.4 Å². The molecule has 0 aliphatic heterocycles. The summed E-state index contributed by atoms with van der Waals surface area (Å²) in [6.07, 6.45) is 4.75. The minimum absolute atomic E-state index is 0.337. The maximum absolute atomic E-state index is 4.19. The molecule has 0 aliphatic rings. The van der Waals surface area contributed by atoms with Crippen LogP contribution in [0.3, 0.4) is 0 Å². The normalized spacial score (nSPS) is 12.6. The molecule has 0 amide bonds. The van der Waals surface area contributed by atoms with Crippen molar-refractivity contribution < 1.29 is 0 Å². The highest BCUT2D eigenvalue weighted by molar-refractivity contribution is 9.10. The fourth-order valence-electron chi connectivity index (χ4n) is 1.79. The van der Waals surface area contributed by atoms with E-state index >= 15 is 0 Å². The average Bonchev–Trinajstić information content (AvgIpc) is 2.76. The predicted molar refractivity (Wildman–Crippen MR) is 76.4 cm³/mol. The number of halogens is 1. The second-order valence-electron chi connectivity index (χ2n) is 3.79. The lowest BCUT2D eigenvalue weighted by atomic mass is 10.1. The zero-order valence-corrected chi connectivity index (χ0v) is 12.1. The van der Waals surface area contributed by atoms with Crippen molar-refractivity contribution in [2.75, 3.05) is 6.54 Å². The van der Waals surface area contributed by atoms with Gasteiger partial charge in [0.15, 0.2) is 0 Å². The Kier molecular flexibility index (Phi) is 4.71. The zero-order valence-electron chi connectivity index (χ0n) is 9.69. The van der Waals surface area contributed by atoms with Gasteiger partial charge in [0, 0.05) is 34.2 Å². The summed E-state index contributed by atoms with van der Waals surface area (Å²) in [5.74, 6) is 0. The number of nitrogens with zero attached hydrogens (tertiary/aromatic N) is 1. The second kappa shape index (κ2) is 6.28.